The van der Waals surface area contributed by atoms with E-state index in [9.17, 15) is 4.39 Å². The van der Waals surface area contributed by atoms with Gasteiger partial charge in [0.2, 0.25) is 0 Å². The lowest BCUT2D eigenvalue weighted by atomic mass is 10.2. The van der Waals surface area contributed by atoms with E-state index in [1.165, 1.54) is 6.20 Å². The minimum Gasteiger partial charge on any atom is -0.484 e. The van der Waals surface area contributed by atoms with Crippen molar-refractivity contribution in [3.8, 4) is 5.75 Å². The lowest BCUT2D eigenvalue weighted by molar-refractivity contribution is 0.285. The van der Waals surface area contributed by atoms with Crippen LogP contribution in [-0.2, 0) is 6.61 Å². The first kappa shape index (κ1) is 10.6. The Kier molecular flexibility index (Phi) is 3.15. The summed E-state index contributed by atoms with van der Waals surface area (Å²) in [5.41, 5.74) is 1.88. The molecule has 0 saturated carbocycles. The van der Waals surface area contributed by atoms with Crippen LogP contribution in [0.15, 0.2) is 42.6 Å². The largest absolute Gasteiger partial charge is 0.484 e. The van der Waals surface area contributed by atoms with Gasteiger partial charge in [-0.25, -0.2) is 4.98 Å². The summed E-state index contributed by atoms with van der Waals surface area (Å²) in [4.78, 5) is 3.60. The molecule has 0 unspecified atom stereocenters. The molecule has 2 nitrogen and oxygen atoms in total. The molecule has 0 radical (unpaired) electrons. The van der Waals surface area contributed by atoms with Gasteiger partial charge in [0.1, 0.15) is 6.61 Å². The highest BCUT2D eigenvalue weighted by atomic mass is 19.1. The summed E-state index contributed by atoms with van der Waals surface area (Å²) in [7, 11) is 0. The van der Waals surface area contributed by atoms with Crippen molar-refractivity contribution in [2.75, 3.05) is 0 Å². The molecule has 1 heterocycles. The zero-order valence-electron chi connectivity index (χ0n) is 8.98. The zero-order valence-corrected chi connectivity index (χ0v) is 8.98. The Morgan fingerprint density at radius 3 is 2.75 bits per heavy atom. The van der Waals surface area contributed by atoms with E-state index in [-0.39, 0.29) is 5.75 Å². The van der Waals surface area contributed by atoms with Crippen molar-refractivity contribution in [3.63, 3.8) is 0 Å². The van der Waals surface area contributed by atoms with E-state index < -0.39 is 5.95 Å². The van der Waals surface area contributed by atoms with Crippen LogP contribution in [0.2, 0.25) is 0 Å². The molecule has 3 heteroatoms. The lowest BCUT2D eigenvalue weighted by Crippen LogP contribution is -1.99. The molecule has 82 valence electrons. The third-order valence-electron chi connectivity index (χ3n) is 2.18. The number of aromatic nitrogens is 1. The highest BCUT2D eigenvalue weighted by molar-refractivity contribution is 5.24. The van der Waals surface area contributed by atoms with Crippen LogP contribution < -0.4 is 4.74 Å². The molecular formula is C13H12FNO. The minimum absolute atomic E-state index is 0.198. The van der Waals surface area contributed by atoms with Crippen LogP contribution in [0.5, 0.6) is 5.75 Å². The predicted octanol–water partition coefficient (Wildman–Crippen LogP) is 3.11. The molecule has 2 rings (SSSR count). The number of rotatable bonds is 3. The number of hydrogen-bond acceptors (Lipinski definition) is 2. The molecular weight excluding hydrogens is 205 g/mol. The van der Waals surface area contributed by atoms with Gasteiger partial charge >= 0.3 is 0 Å². The average molecular weight is 217 g/mol. The van der Waals surface area contributed by atoms with E-state index in [0.29, 0.717) is 6.61 Å². The molecule has 1 aromatic heterocycles. The van der Waals surface area contributed by atoms with Crippen LogP contribution in [0, 0.1) is 12.9 Å². The lowest BCUT2D eigenvalue weighted by Gasteiger charge is -2.07. The maximum absolute atomic E-state index is 13.2. The smallest absolute Gasteiger partial charge is 0.255 e. The summed E-state index contributed by atoms with van der Waals surface area (Å²) >= 11 is 0. The van der Waals surface area contributed by atoms with E-state index >= 15 is 0 Å². The van der Waals surface area contributed by atoms with E-state index in [2.05, 4.69) is 4.98 Å². The molecule has 2 aromatic rings. The number of hydrogen-bond donors (Lipinski definition) is 0. The Morgan fingerprint density at radius 1 is 1.25 bits per heavy atom. The van der Waals surface area contributed by atoms with Crippen molar-refractivity contribution in [2.24, 2.45) is 0 Å². The minimum atomic E-state index is -0.568. The Balaban J connectivity index is 2.08. The second kappa shape index (κ2) is 4.75. The predicted molar refractivity (Wildman–Crippen MR) is 59.7 cm³/mol. The zero-order chi connectivity index (χ0) is 11.4. The van der Waals surface area contributed by atoms with Crippen LogP contribution in [0.4, 0.5) is 4.39 Å². The van der Waals surface area contributed by atoms with E-state index in [1.54, 1.807) is 6.07 Å². The van der Waals surface area contributed by atoms with E-state index in [1.807, 2.05) is 37.3 Å². The van der Waals surface area contributed by atoms with Crippen LogP contribution in [-0.4, -0.2) is 4.98 Å². The van der Waals surface area contributed by atoms with Crippen molar-refractivity contribution in [1.29, 1.82) is 0 Å². The van der Waals surface area contributed by atoms with Gasteiger partial charge in [0.05, 0.1) is 0 Å². The second-order valence-electron chi connectivity index (χ2n) is 3.58. The first-order valence-corrected chi connectivity index (χ1v) is 5.04. The van der Waals surface area contributed by atoms with Crippen LogP contribution in [0.1, 0.15) is 11.1 Å². The van der Waals surface area contributed by atoms with Crippen LogP contribution in [0.3, 0.4) is 0 Å². The summed E-state index contributed by atoms with van der Waals surface area (Å²) in [6, 6.07) is 11.3. The number of nitrogens with zero attached hydrogens (tertiary/aromatic N) is 1. The fourth-order valence-corrected chi connectivity index (χ4v) is 1.36. The maximum atomic E-state index is 13.2. The third kappa shape index (κ3) is 2.57. The number of halogens is 1. The maximum Gasteiger partial charge on any atom is 0.255 e. The fourth-order valence-electron chi connectivity index (χ4n) is 1.36. The number of benzene rings is 1. The first-order chi connectivity index (χ1) is 7.75. The van der Waals surface area contributed by atoms with Crippen molar-refractivity contribution in [1.82, 2.24) is 4.98 Å². The molecule has 0 bridgehead atoms. The third-order valence-corrected chi connectivity index (χ3v) is 2.18. The molecule has 0 fully saturated rings. The quantitative estimate of drug-likeness (QED) is 0.737. The standard InChI is InChI=1S/C13H12FNO/c1-10-7-12(13(14)15-8-10)16-9-11-5-3-2-4-6-11/h2-8H,9H2,1H3. The summed E-state index contributed by atoms with van der Waals surface area (Å²) in [6.07, 6.45) is 1.48. The number of pyridine rings is 1. The molecule has 0 atom stereocenters. The van der Waals surface area contributed by atoms with Gasteiger partial charge < -0.3 is 4.74 Å². The molecule has 0 aliphatic carbocycles. The fraction of sp³-hybridized carbons (Fsp3) is 0.154. The summed E-state index contributed by atoms with van der Waals surface area (Å²) in [5.74, 6) is -0.370. The highest BCUT2D eigenvalue weighted by Gasteiger charge is 2.04. The van der Waals surface area contributed by atoms with Gasteiger partial charge in [0.25, 0.3) is 5.95 Å². The topological polar surface area (TPSA) is 22.1 Å². The van der Waals surface area contributed by atoms with Crippen molar-refractivity contribution in [2.45, 2.75) is 13.5 Å². The van der Waals surface area contributed by atoms with Gasteiger partial charge in [-0.15, -0.1) is 0 Å². The molecule has 1 aromatic carbocycles. The Hall–Kier alpha value is -1.90. The number of ether oxygens (including phenoxy) is 1. The molecule has 0 N–H and O–H groups in total. The summed E-state index contributed by atoms with van der Waals surface area (Å²) in [5, 5.41) is 0. The van der Waals surface area contributed by atoms with Gasteiger partial charge in [0, 0.05) is 6.20 Å². The number of aryl methyl sites for hydroxylation is 1. The van der Waals surface area contributed by atoms with Crippen LogP contribution in [0.25, 0.3) is 0 Å². The Bertz CT molecular complexity index is 471. The summed E-state index contributed by atoms with van der Waals surface area (Å²) in [6.45, 7) is 2.20. The van der Waals surface area contributed by atoms with Gasteiger partial charge in [0.15, 0.2) is 5.75 Å². The Morgan fingerprint density at radius 2 is 2.00 bits per heavy atom. The van der Waals surface area contributed by atoms with Crippen molar-refractivity contribution >= 4 is 0 Å². The average Bonchev–Trinajstić information content (AvgIpc) is 2.32. The second-order valence-corrected chi connectivity index (χ2v) is 3.58. The van der Waals surface area contributed by atoms with Gasteiger partial charge in [-0.05, 0) is 24.1 Å². The van der Waals surface area contributed by atoms with Crippen molar-refractivity contribution in [3.05, 3.63) is 59.7 Å². The van der Waals surface area contributed by atoms with E-state index in [0.717, 1.165) is 11.1 Å². The van der Waals surface area contributed by atoms with E-state index in [4.69, 9.17) is 4.74 Å². The highest BCUT2D eigenvalue weighted by Crippen LogP contribution is 2.17. The van der Waals surface area contributed by atoms with Gasteiger partial charge in [-0.1, -0.05) is 30.3 Å². The SMILES string of the molecule is Cc1cnc(F)c(OCc2ccccc2)c1. The molecule has 0 saturated heterocycles. The molecule has 0 spiro atoms. The van der Waals surface area contributed by atoms with Crippen LogP contribution >= 0.6 is 0 Å². The summed E-state index contributed by atoms with van der Waals surface area (Å²) < 4.78 is 18.6. The monoisotopic (exact) mass is 217 g/mol. The first-order valence-electron chi connectivity index (χ1n) is 5.04. The van der Waals surface area contributed by atoms with Gasteiger partial charge in [-0.2, -0.15) is 4.39 Å². The molecule has 0 aliphatic rings. The molecule has 0 amide bonds. The normalized spacial score (nSPS) is 10.1. The van der Waals surface area contributed by atoms with Gasteiger partial charge in [-0.3, -0.25) is 0 Å². The van der Waals surface area contributed by atoms with Crippen molar-refractivity contribution < 1.29 is 9.13 Å². The Labute approximate surface area is 93.7 Å². The molecule has 16 heavy (non-hydrogen) atoms. The molecule has 0 aliphatic heterocycles.